The van der Waals surface area contributed by atoms with Crippen molar-refractivity contribution in [2.45, 2.75) is 26.1 Å². The summed E-state index contributed by atoms with van der Waals surface area (Å²) in [6.45, 7) is 5.80. The summed E-state index contributed by atoms with van der Waals surface area (Å²) in [4.78, 5) is 0. The molecule has 3 rings (SSSR count). The molecule has 2 aromatic rings. The first-order valence-electron chi connectivity index (χ1n) is 7.57. The van der Waals surface area contributed by atoms with E-state index in [1.165, 1.54) is 0 Å². The van der Waals surface area contributed by atoms with E-state index in [1.54, 1.807) is 0 Å². The highest BCUT2D eigenvalue weighted by molar-refractivity contribution is 5.34. The van der Waals surface area contributed by atoms with Crippen LogP contribution in [0.1, 0.15) is 31.4 Å². The van der Waals surface area contributed by atoms with Crippen LogP contribution in [0.2, 0.25) is 0 Å². The molecule has 0 N–H and O–H groups in total. The summed E-state index contributed by atoms with van der Waals surface area (Å²) in [7, 11) is 0. The van der Waals surface area contributed by atoms with Crippen LogP contribution in [0.15, 0.2) is 60.7 Å². The van der Waals surface area contributed by atoms with Gasteiger partial charge in [0.2, 0.25) is 5.79 Å². The number of ether oxygens (including phenoxy) is 2. The van der Waals surface area contributed by atoms with Gasteiger partial charge in [0.1, 0.15) is 0 Å². The summed E-state index contributed by atoms with van der Waals surface area (Å²) in [6, 6.07) is 20.4. The summed E-state index contributed by atoms with van der Waals surface area (Å²) in [5.74, 6) is -0.781. The van der Waals surface area contributed by atoms with E-state index >= 15 is 0 Å². The average molecular weight is 282 g/mol. The summed E-state index contributed by atoms with van der Waals surface area (Å²) >= 11 is 0. The van der Waals surface area contributed by atoms with Crippen LogP contribution < -0.4 is 0 Å². The third kappa shape index (κ3) is 2.61. The third-order valence-electron chi connectivity index (χ3n) is 4.41. The maximum Gasteiger partial charge on any atom is 0.222 e. The molecule has 2 aromatic carbocycles. The van der Waals surface area contributed by atoms with Gasteiger partial charge in [-0.25, -0.2) is 0 Å². The molecular weight excluding hydrogens is 260 g/mol. The lowest BCUT2D eigenvalue weighted by atomic mass is 9.86. The molecule has 1 fully saturated rings. The molecule has 110 valence electrons. The molecule has 1 aliphatic heterocycles. The fourth-order valence-corrected chi connectivity index (χ4v) is 2.65. The van der Waals surface area contributed by atoms with Crippen LogP contribution in [0.3, 0.4) is 0 Å². The lowest BCUT2D eigenvalue weighted by molar-refractivity contribution is -0.287. The smallest absolute Gasteiger partial charge is 0.222 e. The second-order valence-corrected chi connectivity index (χ2v) is 6.09. The molecule has 2 nitrogen and oxygen atoms in total. The van der Waals surface area contributed by atoms with Gasteiger partial charge in [-0.05, 0) is 6.42 Å². The SMILES string of the molecule is CCC1(C)COC(c2ccccc2)(c2ccccc2)OC1. The minimum Gasteiger partial charge on any atom is -0.342 e. The summed E-state index contributed by atoms with van der Waals surface area (Å²) in [6.07, 6.45) is 1.05. The van der Waals surface area contributed by atoms with Crippen molar-refractivity contribution in [2.75, 3.05) is 13.2 Å². The van der Waals surface area contributed by atoms with E-state index in [0.29, 0.717) is 13.2 Å². The predicted octanol–water partition coefficient (Wildman–Crippen LogP) is 4.35. The molecule has 21 heavy (non-hydrogen) atoms. The van der Waals surface area contributed by atoms with Crippen molar-refractivity contribution in [3.63, 3.8) is 0 Å². The highest BCUT2D eigenvalue weighted by atomic mass is 16.7. The largest absolute Gasteiger partial charge is 0.342 e. The second-order valence-electron chi connectivity index (χ2n) is 6.09. The second kappa shape index (κ2) is 5.63. The first kappa shape index (κ1) is 14.3. The van der Waals surface area contributed by atoms with E-state index in [9.17, 15) is 0 Å². The number of hydrogen-bond donors (Lipinski definition) is 0. The monoisotopic (exact) mass is 282 g/mol. The zero-order valence-corrected chi connectivity index (χ0v) is 12.7. The molecule has 1 aliphatic rings. The first-order chi connectivity index (χ1) is 10.2. The molecule has 1 saturated heterocycles. The molecule has 0 aliphatic carbocycles. The predicted molar refractivity (Wildman–Crippen MR) is 84.0 cm³/mol. The van der Waals surface area contributed by atoms with Crippen molar-refractivity contribution in [1.29, 1.82) is 0 Å². The van der Waals surface area contributed by atoms with Crippen LogP contribution in [0, 0.1) is 5.41 Å². The number of benzene rings is 2. The Kier molecular flexibility index (Phi) is 3.83. The van der Waals surface area contributed by atoms with Crippen LogP contribution in [0.5, 0.6) is 0 Å². The molecule has 2 heteroatoms. The Labute approximate surface area is 126 Å². The van der Waals surface area contributed by atoms with Gasteiger partial charge in [-0.3, -0.25) is 0 Å². The molecule has 0 atom stereocenters. The molecule has 0 aromatic heterocycles. The Bertz CT molecular complexity index is 528. The molecule has 0 unspecified atom stereocenters. The van der Waals surface area contributed by atoms with E-state index in [0.717, 1.165) is 17.5 Å². The Morgan fingerprint density at radius 3 is 1.62 bits per heavy atom. The zero-order valence-electron chi connectivity index (χ0n) is 12.7. The fraction of sp³-hybridized carbons (Fsp3) is 0.368. The normalized spacial score (nSPS) is 20.1. The Hall–Kier alpha value is -1.64. The van der Waals surface area contributed by atoms with Crippen LogP contribution in [-0.4, -0.2) is 13.2 Å². The van der Waals surface area contributed by atoms with Crippen LogP contribution in [0.25, 0.3) is 0 Å². The molecule has 0 spiro atoms. The molecular formula is C19H22O2. The van der Waals surface area contributed by atoms with Gasteiger partial charge in [0.15, 0.2) is 0 Å². The zero-order chi connectivity index (χ0) is 14.8. The van der Waals surface area contributed by atoms with Crippen molar-refractivity contribution in [2.24, 2.45) is 5.41 Å². The molecule has 0 radical (unpaired) electrons. The van der Waals surface area contributed by atoms with Gasteiger partial charge >= 0.3 is 0 Å². The third-order valence-corrected chi connectivity index (χ3v) is 4.41. The first-order valence-corrected chi connectivity index (χ1v) is 7.57. The van der Waals surface area contributed by atoms with Crippen molar-refractivity contribution < 1.29 is 9.47 Å². The lowest BCUT2D eigenvalue weighted by Gasteiger charge is -2.45. The molecule has 0 amide bonds. The maximum atomic E-state index is 6.32. The quantitative estimate of drug-likeness (QED) is 0.833. The van der Waals surface area contributed by atoms with Gasteiger partial charge in [-0.1, -0.05) is 74.5 Å². The minimum absolute atomic E-state index is 0.0903. The molecule has 0 bridgehead atoms. The summed E-state index contributed by atoms with van der Waals surface area (Å²) in [5, 5.41) is 0. The Morgan fingerprint density at radius 2 is 1.24 bits per heavy atom. The van der Waals surface area contributed by atoms with E-state index in [-0.39, 0.29) is 5.41 Å². The fourth-order valence-electron chi connectivity index (χ4n) is 2.65. The van der Waals surface area contributed by atoms with Crippen LogP contribution >= 0.6 is 0 Å². The maximum absolute atomic E-state index is 6.32. The Morgan fingerprint density at radius 1 is 0.810 bits per heavy atom. The highest BCUT2D eigenvalue weighted by Gasteiger charge is 2.44. The van der Waals surface area contributed by atoms with Crippen molar-refractivity contribution in [3.8, 4) is 0 Å². The lowest BCUT2D eigenvalue weighted by Crippen LogP contribution is -2.47. The van der Waals surface area contributed by atoms with Gasteiger partial charge < -0.3 is 9.47 Å². The minimum atomic E-state index is -0.781. The average Bonchev–Trinajstić information content (AvgIpc) is 2.57. The van der Waals surface area contributed by atoms with Gasteiger partial charge in [0, 0.05) is 16.5 Å². The Balaban J connectivity index is 2.02. The topological polar surface area (TPSA) is 18.5 Å². The van der Waals surface area contributed by atoms with Gasteiger partial charge in [0.05, 0.1) is 13.2 Å². The van der Waals surface area contributed by atoms with Crippen molar-refractivity contribution in [1.82, 2.24) is 0 Å². The number of rotatable bonds is 3. The van der Waals surface area contributed by atoms with E-state index in [1.807, 2.05) is 36.4 Å². The summed E-state index contributed by atoms with van der Waals surface area (Å²) in [5.41, 5.74) is 2.19. The van der Waals surface area contributed by atoms with E-state index in [4.69, 9.17) is 9.47 Å². The van der Waals surface area contributed by atoms with Crippen LogP contribution in [0.4, 0.5) is 0 Å². The van der Waals surface area contributed by atoms with Crippen molar-refractivity contribution in [3.05, 3.63) is 71.8 Å². The highest BCUT2D eigenvalue weighted by Crippen LogP contribution is 2.42. The standard InChI is InChI=1S/C19H22O2/c1-3-18(2)14-20-19(21-15-18,16-10-6-4-7-11-16)17-12-8-5-9-13-17/h4-13H,3,14-15H2,1-2H3. The van der Waals surface area contributed by atoms with Crippen molar-refractivity contribution >= 4 is 0 Å². The van der Waals surface area contributed by atoms with Gasteiger partial charge in [0.25, 0.3) is 0 Å². The molecule has 1 heterocycles. The van der Waals surface area contributed by atoms with Gasteiger partial charge in [-0.15, -0.1) is 0 Å². The number of hydrogen-bond acceptors (Lipinski definition) is 2. The van der Waals surface area contributed by atoms with E-state index < -0.39 is 5.79 Å². The molecule has 0 saturated carbocycles. The summed E-state index contributed by atoms with van der Waals surface area (Å²) < 4.78 is 12.6. The van der Waals surface area contributed by atoms with Crippen LogP contribution in [-0.2, 0) is 15.3 Å². The van der Waals surface area contributed by atoms with Gasteiger partial charge in [-0.2, -0.15) is 0 Å². The van der Waals surface area contributed by atoms with E-state index in [2.05, 4.69) is 38.1 Å².